The molecular formula is C16H17N3O2. The molecule has 2 heterocycles. The quantitative estimate of drug-likeness (QED) is 0.755. The Morgan fingerprint density at radius 1 is 1.29 bits per heavy atom. The highest BCUT2D eigenvalue weighted by Gasteiger charge is 2.07. The number of hydrogen-bond donors (Lipinski definition) is 2. The molecule has 2 aromatic heterocycles. The number of aryl methyl sites for hydroxylation is 1. The van der Waals surface area contributed by atoms with Gasteiger partial charge in [-0.2, -0.15) is 0 Å². The van der Waals surface area contributed by atoms with Crippen molar-refractivity contribution >= 4 is 16.9 Å². The molecule has 3 rings (SSSR count). The number of rotatable bonds is 5. The second-order valence-electron chi connectivity index (χ2n) is 5.10. The zero-order valence-corrected chi connectivity index (χ0v) is 11.8. The molecule has 21 heavy (non-hydrogen) atoms. The average molecular weight is 283 g/mol. The maximum atomic E-state index is 12.0. The summed E-state index contributed by atoms with van der Waals surface area (Å²) in [7, 11) is 0. The van der Waals surface area contributed by atoms with Crippen LogP contribution in [0.15, 0.2) is 51.9 Å². The van der Waals surface area contributed by atoms with Crippen LogP contribution in [0.25, 0.3) is 10.9 Å². The fourth-order valence-corrected chi connectivity index (χ4v) is 2.27. The number of aromatic amines is 1. The molecule has 0 aliphatic heterocycles. The van der Waals surface area contributed by atoms with Gasteiger partial charge in [-0.3, -0.25) is 9.78 Å². The average Bonchev–Trinajstić information content (AvgIpc) is 2.98. The van der Waals surface area contributed by atoms with E-state index in [1.807, 2.05) is 30.3 Å². The van der Waals surface area contributed by atoms with E-state index in [-0.39, 0.29) is 11.6 Å². The van der Waals surface area contributed by atoms with Crippen molar-refractivity contribution in [2.45, 2.75) is 25.8 Å². The van der Waals surface area contributed by atoms with Gasteiger partial charge in [0.05, 0.1) is 17.2 Å². The van der Waals surface area contributed by atoms with E-state index in [1.165, 1.54) is 0 Å². The molecule has 1 atom stereocenters. The molecule has 0 radical (unpaired) electrons. The number of para-hydroxylation sites is 1. The molecule has 1 aromatic carbocycles. The second-order valence-corrected chi connectivity index (χ2v) is 5.10. The van der Waals surface area contributed by atoms with Crippen molar-refractivity contribution in [3.63, 3.8) is 0 Å². The monoisotopic (exact) mass is 283 g/mol. The van der Waals surface area contributed by atoms with Crippen LogP contribution in [-0.2, 0) is 6.42 Å². The van der Waals surface area contributed by atoms with Crippen LogP contribution < -0.4 is 10.9 Å². The lowest BCUT2D eigenvalue weighted by Crippen LogP contribution is -2.20. The number of benzene rings is 1. The largest absolute Gasteiger partial charge is 0.469 e. The van der Waals surface area contributed by atoms with Crippen LogP contribution in [0, 0.1) is 0 Å². The van der Waals surface area contributed by atoms with Gasteiger partial charge >= 0.3 is 0 Å². The highest BCUT2D eigenvalue weighted by atomic mass is 16.3. The van der Waals surface area contributed by atoms with E-state index in [0.29, 0.717) is 16.9 Å². The minimum atomic E-state index is -0.124. The Labute approximate surface area is 122 Å². The minimum Gasteiger partial charge on any atom is -0.469 e. The van der Waals surface area contributed by atoms with Gasteiger partial charge in [-0.1, -0.05) is 12.1 Å². The summed E-state index contributed by atoms with van der Waals surface area (Å²) in [5.74, 6) is 1.47. The maximum Gasteiger partial charge on any atom is 0.260 e. The number of anilines is 1. The van der Waals surface area contributed by atoms with E-state index in [9.17, 15) is 4.79 Å². The number of nitrogens with zero attached hydrogens (tertiary/aromatic N) is 1. The van der Waals surface area contributed by atoms with Crippen LogP contribution in [0.5, 0.6) is 0 Å². The van der Waals surface area contributed by atoms with E-state index in [1.54, 1.807) is 12.3 Å². The summed E-state index contributed by atoms with van der Waals surface area (Å²) in [4.78, 5) is 19.2. The van der Waals surface area contributed by atoms with Crippen LogP contribution in [0.1, 0.15) is 19.1 Å². The molecule has 0 unspecified atom stereocenters. The number of H-pyrrole nitrogens is 1. The lowest BCUT2D eigenvalue weighted by atomic mass is 10.1. The van der Waals surface area contributed by atoms with Gasteiger partial charge in [0.1, 0.15) is 5.76 Å². The zero-order valence-electron chi connectivity index (χ0n) is 11.8. The van der Waals surface area contributed by atoms with Gasteiger partial charge in [0.15, 0.2) is 0 Å². The summed E-state index contributed by atoms with van der Waals surface area (Å²) in [6.45, 7) is 2.05. The number of furan rings is 1. The molecule has 0 saturated heterocycles. The Morgan fingerprint density at radius 2 is 2.14 bits per heavy atom. The smallest absolute Gasteiger partial charge is 0.260 e. The predicted octanol–water partition coefficient (Wildman–Crippen LogP) is 2.95. The van der Waals surface area contributed by atoms with Crippen molar-refractivity contribution in [3.05, 3.63) is 58.8 Å². The van der Waals surface area contributed by atoms with Gasteiger partial charge in [0, 0.05) is 12.5 Å². The molecule has 5 heteroatoms. The predicted molar refractivity (Wildman–Crippen MR) is 82.5 cm³/mol. The molecule has 5 nitrogen and oxygen atoms in total. The van der Waals surface area contributed by atoms with Crippen molar-refractivity contribution in [1.29, 1.82) is 0 Å². The Hall–Kier alpha value is -2.56. The molecular weight excluding hydrogens is 266 g/mol. The van der Waals surface area contributed by atoms with Crippen molar-refractivity contribution < 1.29 is 4.42 Å². The lowest BCUT2D eigenvalue weighted by Gasteiger charge is -2.13. The van der Waals surface area contributed by atoms with Crippen molar-refractivity contribution in [2.75, 3.05) is 5.32 Å². The first kappa shape index (κ1) is 13.4. The van der Waals surface area contributed by atoms with E-state index in [0.717, 1.165) is 18.6 Å². The molecule has 0 aliphatic carbocycles. The van der Waals surface area contributed by atoms with Gasteiger partial charge < -0.3 is 9.73 Å². The fraction of sp³-hybridized carbons (Fsp3) is 0.250. The topological polar surface area (TPSA) is 70.9 Å². The molecule has 0 bridgehead atoms. The van der Waals surface area contributed by atoms with Crippen molar-refractivity contribution in [2.24, 2.45) is 0 Å². The molecule has 108 valence electrons. The summed E-state index contributed by atoms with van der Waals surface area (Å²) >= 11 is 0. The molecule has 0 spiro atoms. The summed E-state index contributed by atoms with van der Waals surface area (Å²) in [5.41, 5.74) is 0.573. The van der Waals surface area contributed by atoms with E-state index >= 15 is 0 Å². The molecule has 3 aromatic rings. The summed E-state index contributed by atoms with van der Waals surface area (Å²) < 4.78 is 5.31. The minimum absolute atomic E-state index is 0.124. The van der Waals surface area contributed by atoms with Gasteiger partial charge in [-0.15, -0.1) is 0 Å². The van der Waals surface area contributed by atoms with E-state index in [4.69, 9.17) is 4.42 Å². The van der Waals surface area contributed by atoms with E-state index in [2.05, 4.69) is 22.2 Å². The third kappa shape index (κ3) is 3.13. The molecule has 0 amide bonds. The summed E-state index contributed by atoms with van der Waals surface area (Å²) in [6, 6.07) is 11.3. The van der Waals surface area contributed by atoms with Gasteiger partial charge in [-0.25, -0.2) is 4.98 Å². The number of hydrogen-bond acceptors (Lipinski definition) is 4. The van der Waals surface area contributed by atoms with Crippen LogP contribution in [0.2, 0.25) is 0 Å². The summed E-state index contributed by atoms with van der Waals surface area (Å²) in [6.07, 6.45) is 3.42. The molecule has 0 aliphatic rings. The van der Waals surface area contributed by atoms with Gasteiger partial charge in [0.2, 0.25) is 5.95 Å². The molecule has 0 saturated carbocycles. The Kier molecular flexibility index (Phi) is 3.73. The first-order chi connectivity index (χ1) is 10.2. The highest BCUT2D eigenvalue weighted by molar-refractivity contribution is 5.78. The van der Waals surface area contributed by atoms with Gasteiger partial charge in [0.25, 0.3) is 5.56 Å². The Bertz CT molecular complexity index is 778. The van der Waals surface area contributed by atoms with E-state index < -0.39 is 0 Å². The van der Waals surface area contributed by atoms with Crippen LogP contribution in [0.3, 0.4) is 0 Å². The Balaban J connectivity index is 1.71. The normalized spacial score (nSPS) is 12.4. The van der Waals surface area contributed by atoms with Crippen LogP contribution in [-0.4, -0.2) is 16.0 Å². The van der Waals surface area contributed by atoms with Crippen molar-refractivity contribution in [3.8, 4) is 0 Å². The third-order valence-electron chi connectivity index (χ3n) is 3.40. The lowest BCUT2D eigenvalue weighted by molar-refractivity contribution is 0.494. The third-order valence-corrected chi connectivity index (χ3v) is 3.40. The first-order valence-corrected chi connectivity index (χ1v) is 7.00. The molecule has 2 N–H and O–H groups in total. The SMILES string of the molecule is C[C@@H](CCc1ccco1)Nc1nc2ccccc2c(=O)[nH]1. The van der Waals surface area contributed by atoms with Crippen LogP contribution in [0.4, 0.5) is 5.95 Å². The molecule has 0 fully saturated rings. The highest BCUT2D eigenvalue weighted by Crippen LogP contribution is 2.11. The van der Waals surface area contributed by atoms with Crippen molar-refractivity contribution in [1.82, 2.24) is 9.97 Å². The zero-order chi connectivity index (χ0) is 14.7. The number of nitrogens with one attached hydrogen (secondary N) is 2. The standard InChI is InChI=1S/C16H17N3O2/c1-11(8-9-12-5-4-10-21-12)17-16-18-14-7-3-2-6-13(14)15(20)19-16/h2-7,10-11H,8-9H2,1H3,(H2,17,18,19,20)/t11-/m0/s1. The summed E-state index contributed by atoms with van der Waals surface area (Å²) in [5, 5.41) is 3.83. The number of fused-ring (bicyclic) bond motifs is 1. The number of aromatic nitrogens is 2. The van der Waals surface area contributed by atoms with Gasteiger partial charge in [-0.05, 0) is 37.6 Å². The fourth-order valence-electron chi connectivity index (χ4n) is 2.27. The second kappa shape index (κ2) is 5.83. The first-order valence-electron chi connectivity index (χ1n) is 7.00. The van der Waals surface area contributed by atoms with Crippen LogP contribution >= 0.6 is 0 Å². The Morgan fingerprint density at radius 3 is 2.95 bits per heavy atom. The maximum absolute atomic E-state index is 12.0.